The first-order valence-corrected chi connectivity index (χ1v) is 11.1. The van der Waals surface area contributed by atoms with Gasteiger partial charge in [-0.2, -0.15) is 0 Å². The lowest BCUT2D eigenvalue weighted by Crippen LogP contribution is -2.31. The highest BCUT2D eigenvalue weighted by atomic mass is 35.5. The Hall–Kier alpha value is -3.29. The minimum atomic E-state index is -0.230. The maximum Gasteiger partial charge on any atom is 0.254 e. The Morgan fingerprint density at radius 2 is 1.94 bits per heavy atom. The van der Waals surface area contributed by atoms with Gasteiger partial charge in [-0.25, -0.2) is 0 Å². The minimum absolute atomic E-state index is 0.00799. The highest BCUT2D eigenvalue weighted by Gasteiger charge is 2.15. The summed E-state index contributed by atoms with van der Waals surface area (Å²) in [5.74, 6) is 1.22. The van der Waals surface area contributed by atoms with Gasteiger partial charge in [-0.3, -0.25) is 9.59 Å². The van der Waals surface area contributed by atoms with Crippen molar-refractivity contribution in [2.75, 3.05) is 6.79 Å². The number of hydrogen-bond donors (Lipinski definition) is 2. The number of aryl methyl sites for hydroxylation is 3. The van der Waals surface area contributed by atoms with Crippen LogP contribution in [0.1, 0.15) is 27.8 Å². The second-order valence-electron chi connectivity index (χ2n) is 7.98. The second-order valence-corrected chi connectivity index (χ2v) is 8.42. The SMILES string of the molecule is Cc1ccn(CCc2ccc3c(c2)OCO3)c(=O)c1CC(=O)NCc1cc(Cl)ccc1CN. The number of halogens is 1. The van der Waals surface area contributed by atoms with Crippen molar-refractivity contribution in [1.29, 1.82) is 0 Å². The van der Waals surface area contributed by atoms with Crippen LogP contribution in [-0.4, -0.2) is 17.3 Å². The fourth-order valence-electron chi connectivity index (χ4n) is 3.82. The van der Waals surface area contributed by atoms with Gasteiger partial charge < -0.3 is 25.1 Å². The van der Waals surface area contributed by atoms with Gasteiger partial charge in [-0.15, -0.1) is 0 Å². The fraction of sp³-hybridized carbons (Fsp3) is 0.280. The van der Waals surface area contributed by atoms with Crippen LogP contribution in [-0.2, 0) is 37.3 Å². The predicted molar refractivity (Wildman–Crippen MR) is 127 cm³/mol. The van der Waals surface area contributed by atoms with E-state index in [1.165, 1.54) is 0 Å². The summed E-state index contributed by atoms with van der Waals surface area (Å²) in [6.45, 7) is 3.22. The number of nitrogens with two attached hydrogens (primary N) is 1. The molecule has 0 radical (unpaired) electrons. The summed E-state index contributed by atoms with van der Waals surface area (Å²) in [4.78, 5) is 25.7. The molecule has 0 aliphatic carbocycles. The summed E-state index contributed by atoms with van der Waals surface area (Å²) < 4.78 is 12.4. The standard InChI is InChI=1S/C25H26ClN3O4/c1-16-6-8-29(9-7-17-2-5-22-23(10-17)33-15-32-22)25(31)21(16)12-24(30)28-14-19-11-20(26)4-3-18(19)13-27/h2-6,8,10-11H,7,9,12-15,27H2,1H3,(H,28,30). The van der Waals surface area contributed by atoms with E-state index in [1.807, 2.05) is 37.3 Å². The van der Waals surface area contributed by atoms with E-state index in [-0.39, 0.29) is 24.7 Å². The second kappa shape index (κ2) is 10.1. The Kier molecular flexibility index (Phi) is 7.01. The van der Waals surface area contributed by atoms with Crippen LogP contribution in [0.2, 0.25) is 5.02 Å². The first-order valence-electron chi connectivity index (χ1n) is 10.8. The molecular formula is C25H26ClN3O4. The van der Waals surface area contributed by atoms with E-state index < -0.39 is 0 Å². The highest BCUT2D eigenvalue weighted by molar-refractivity contribution is 6.30. The Morgan fingerprint density at radius 3 is 2.76 bits per heavy atom. The number of benzene rings is 2. The van der Waals surface area contributed by atoms with Crippen LogP contribution in [0.3, 0.4) is 0 Å². The monoisotopic (exact) mass is 467 g/mol. The third kappa shape index (κ3) is 5.38. The van der Waals surface area contributed by atoms with Gasteiger partial charge >= 0.3 is 0 Å². The highest BCUT2D eigenvalue weighted by Crippen LogP contribution is 2.32. The van der Waals surface area contributed by atoms with Crippen LogP contribution in [0.25, 0.3) is 0 Å². The third-order valence-corrected chi connectivity index (χ3v) is 6.01. The van der Waals surface area contributed by atoms with Crippen molar-refractivity contribution in [3.8, 4) is 11.5 Å². The maximum atomic E-state index is 13.1. The van der Waals surface area contributed by atoms with Gasteiger partial charge in [0.05, 0.1) is 6.42 Å². The van der Waals surface area contributed by atoms with Crippen molar-refractivity contribution in [2.45, 2.75) is 39.4 Å². The molecular weight excluding hydrogens is 442 g/mol. The molecule has 2 aromatic carbocycles. The molecule has 0 bridgehead atoms. The van der Waals surface area contributed by atoms with Gasteiger partial charge in [0, 0.05) is 36.4 Å². The average Bonchev–Trinajstić information content (AvgIpc) is 3.28. The van der Waals surface area contributed by atoms with Crippen LogP contribution in [0.15, 0.2) is 53.5 Å². The Labute approximate surface area is 197 Å². The van der Waals surface area contributed by atoms with E-state index in [2.05, 4.69) is 5.32 Å². The third-order valence-electron chi connectivity index (χ3n) is 5.78. The molecule has 0 saturated heterocycles. The first-order chi connectivity index (χ1) is 15.9. The smallest absolute Gasteiger partial charge is 0.254 e. The number of hydrogen-bond acceptors (Lipinski definition) is 5. The summed E-state index contributed by atoms with van der Waals surface area (Å²) >= 11 is 6.07. The zero-order valence-corrected chi connectivity index (χ0v) is 19.2. The molecule has 172 valence electrons. The number of carbonyl (C=O) groups excluding carboxylic acids is 1. The molecule has 1 aromatic heterocycles. The Balaban J connectivity index is 1.42. The number of carbonyl (C=O) groups is 1. The van der Waals surface area contributed by atoms with E-state index in [4.69, 9.17) is 26.8 Å². The van der Waals surface area contributed by atoms with Crippen molar-refractivity contribution in [2.24, 2.45) is 5.73 Å². The molecule has 0 atom stereocenters. The van der Waals surface area contributed by atoms with Crippen LogP contribution in [0.5, 0.6) is 11.5 Å². The quantitative estimate of drug-likeness (QED) is 0.530. The normalized spacial score (nSPS) is 12.1. The van der Waals surface area contributed by atoms with Crippen molar-refractivity contribution >= 4 is 17.5 Å². The molecule has 0 unspecified atom stereocenters. The molecule has 0 saturated carbocycles. The van der Waals surface area contributed by atoms with Crippen molar-refractivity contribution in [3.05, 3.63) is 91.9 Å². The van der Waals surface area contributed by atoms with Crippen LogP contribution < -0.4 is 26.1 Å². The lowest BCUT2D eigenvalue weighted by Gasteiger charge is -2.13. The van der Waals surface area contributed by atoms with Crippen LogP contribution in [0, 0.1) is 6.92 Å². The van der Waals surface area contributed by atoms with E-state index in [0.717, 1.165) is 33.8 Å². The molecule has 33 heavy (non-hydrogen) atoms. The van der Waals surface area contributed by atoms with Crippen LogP contribution in [0.4, 0.5) is 0 Å². The molecule has 3 aromatic rings. The molecule has 1 amide bonds. The van der Waals surface area contributed by atoms with Gasteiger partial charge in [0.2, 0.25) is 12.7 Å². The zero-order valence-electron chi connectivity index (χ0n) is 18.4. The topological polar surface area (TPSA) is 95.6 Å². The van der Waals surface area contributed by atoms with E-state index in [9.17, 15) is 9.59 Å². The molecule has 7 nitrogen and oxygen atoms in total. The number of pyridine rings is 1. The number of fused-ring (bicyclic) bond motifs is 1. The summed E-state index contributed by atoms with van der Waals surface area (Å²) in [7, 11) is 0. The van der Waals surface area contributed by atoms with Crippen LogP contribution >= 0.6 is 11.6 Å². The van der Waals surface area contributed by atoms with Gasteiger partial charge in [-0.1, -0.05) is 23.7 Å². The first kappa shape index (κ1) is 22.9. The molecule has 4 rings (SSSR count). The predicted octanol–water partition coefficient (Wildman–Crippen LogP) is 3.10. The maximum absolute atomic E-state index is 13.1. The molecule has 1 aliphatic heterocycles. The summed E-state index contributed by atoms with van der Waals surface area (Å²) in [5, 5.41) is 3.46. The number of amides is 1. The summed E-state index contributed by atoms with van der Waals surface area (Å²) in [5.41, 5.74) is 9.73. The van der Waals surface area contributed by atoms with Gasteiger partial charge in [0.15, 0.2) is 11.5 Å². The van der Waals surface area contributed by atoms with Crippen molar-refractivity contribution < 1.29 is 14.3 Å². The van der Waals surface area contributed by atoms with Gasteiger partial charge in [0.1, 0.15) is 0 Å². The average molecular weight is 468 g/mol. The molecule has 3 N–H and O–H groups in total. The number of ether oxygens (including phenoxy) is 2. The van der Waals surface area contributed by atoms with Crippen molar-refractivity contribution in [1.82, 2.24) is 9.88 Å². The van der Waals surface area contributed by atoms with E-state index >= 15 is 0 Å². The molecule has 8 heteroatoms. The minimum Gasteiger partial charge on any atom is -0.454 e. The Bertz CT molecular complexity index is 1240. The molecule has 2 heterocycles. The number of nitrogens with one attached hydrogen (secondary N) is 1. The number of aromatic nitrogens is 1. The Morgan fingerprint density at radius 1 is 1.12 bits per heavy atom. The largest absolute Gasteiger partial charge is 0.454 e. The summed E-state index contributed by atoms with van der Waals surface area (Å²) in [6, 6.07) is 13.1. The van der Waals surface area contributed by atoms with Gasteiger partial charge in [0.25, 0.3) is 5.56 Å². The number of nitrogens with zero attached hydrogens (tertiary/aromatic N) is 1. The zero-order chi connectivity index (χ0) is 23.4. The summed E-state index contributed by atoms with van der Waals surface area (Å²) in [6.07, 6.45) is 2.43. The van der Waals surface area contributed by atoms with E-state index in [0.29, 0.717) is 36.6 Å². The lowest BCUT2D eigenvalue weighted by molar-refractivity contribution is -0.120. The lowest BCUT2D eigenvalue weighted by atomic mass is 10.1. The number of rotatable bonds is 8. The van der Waals surface area contributed by atoms with Crippen molar-refractivity contribution in [3.63, 3.8) is 0 Å². The van der Waals surface area contributed by atoms with Gasteiger partial charge in [-0.05, 0) is 65.9 Å². The van der Waals surface area contributed by atoms with E-state index in [1.54, 1.807) is 22.9 Å². The molecule has 0 spiro atoms. The fourth-order valence-corrected chi connectivity index (χ4v) is 4.02. The molecule has 0 fully saturated rings. The molecule has 1 aliphatic rings.